The smallest absolute Gasteiger partial charge is 0.339 e. The number of ether oxygens (including phenoxy) is 2. The Hall–Kier alpha value is -2.57. The summed E-state index contributed by atoms with van der Waals surface area (Å²) in [5.41, 5.74) is 0.603. The predicted molar refractivity (Wildman–Crippen MR) is 109 cm³/mol. The average molecular weight is 374 g/mol. The molecule has 3 heteroatoms. The molecule has 2 aromatic carbocycles. The summed E-state index contributed by atoms with van der Waals surface area (Å²) in [6, 6.07) is 19.3. The number of carbonyl (C=O) groups excluding carboxylic acids is 1. The predicted octanol–water partition coefficient (Wildman–Crippen LogP) is 4.95. The van der Waals surface area contributed by atoms with Crippen LogP contribution in [0, 0.1) is 11.8 Å². The maximum atomic E-state index is 12.7. The van der Waals surface area contributed by atoms with Crippen LogP contribution in [0.5, 0.6) is 0 Å². The second kappa shape index (κ2) is 7.81. The quantitative estimate of drug-likeness (QED) is 0.422. The van der Waals surface area contributed by atoms with Crippen molar-refractivity contribution in [3.8, 4) is 11.8 Å². The molecule has 0 N–H and O–H groups in total. The number of hydrogen-bond donors (Lipinski definition) is 0. The molecule has 2 fully saturated rings. The number of fused-ring (bicyclic) bond motifs is 1. The molecular formula is C25H26O3. The Kier molecular flexibility index (Phi) is 5.24. The summed E-state index contributed by atoms with van der Waals surface area (Å²) in [6.45, 7) is 1.92. The van der Waals surface area contributed by atoms with Gasteiger partial charge in [0.05, 0.1) is 11.7 Å². The maximum Gasteiger partial charge on any atom is 0.339 e. The van der Waals surface area contributed by atoms with E-state index in [4.69, 9.17) is 9.47 Å². The molecule has 1 aliphatic heterocycles. The normalized spacial score (nSPS) is 24.8. The van der Waals surface area contributed by atoms with Gasteiger partial charge >= 0.3 is 5.97 Å². The summed E-state index contributed by atoms with van der Waals surface area (Å²) < 4.78 is 11.8. The zero-order chi connectivity index (χ0) is 19.5. The number of carbonyl (C=O) groups is 1. The third-order valence-electron chi connectivity index (χ3n) is 5.68. The molecule has 3 nitrogen and oxygen atoms in total. The van der Waals surface area contributed by atoms with Gasteiger partial charge in [-0.25, -0.2) is 4.79 Å². The van der Waals surface area contributed by atoms with Gasteiger partial charge in [0.15, 0.2) is 11.2 Å². The van der Waals surface area contributed by atoms with Gasteiger partial charge in [-0.05, 0) is 50.3 Å². The molecule has 2 aliphatic rings. The molecule has 1 aliphatic carbocycles. The minimum Gasteiger partial charge on any atom is -0.443 e. The number of epoxide rings is 1. The van der Waals surface area contributed by atoms with E-state index in [9.17, 15) is 4.79 Å². The van der Waals surface area contributed by atoms with Crippen LogP contribution in [0.15, 0.2) is 60.7 Å². The van der Waals surface area contributed by atoms with Crippen molar-refractivity contribution in [3.05, 3.63) is 71.8 Å². The van der Waals surface area contributed by atoms with Crippen LogP contribution in [0.3, 0.4) is 0 Å². The van der Waals surface area contributed by atoms with Gasteiger partial charge in [-0.1, -0.05) is 66.8 Å². The fraction of sp³-hybridized carbons (Fsp3) is 0.400. The summed E-state index contributed by atoms with van der Waals surface area (Å²) in [5, 5.41) is 0. The lowest BCUT2D eigenvalue weighted by molar-refractivity contribution is 0.0115. The lowest BCUT2D eigenvalue weighted by atomic mass is 9.88. The van der Waals surface area contributed by atoms with Gasteiger partial charge in [-0.2, -0.15) is 0 Å². The highest BCUT2D eigenvalue weighted by molar-refractivity contribution is 5.89. The van der Waals surface area contributed by atoms with E-state index in [0.29, 0.717) is 12.0 Å². The zero-order valence-corrected chi connectivity index (χ0v) is 16.3. The third kappa shape index (κ3) is 4.29. The van der Waals surface area contributed by atoms with E-state index >= 15 is 0 Å². The minimum absolute atomic E-state index is 0.261. The van der Waals surface area contributed by atoms with Crippen LogP contribution in [-0.4, -0.2) is 23.3 Å². The average Bonchev–Trinajstić information content (AvgIpc) is 3.48. The molecule has 28 heavy (non-hydrogen) atoms. The molecule has 0 amide bonds. The fourth-order valence-corrected chi connectivity index (χ4v) is 3.86. The van der Waals surface area contributed by atoms with E-state index < -0.39 is 5.60 Å². The number of esters is 1. The Labute approximate surface area is 167 Å². The van der Waals surface area contributed by atoms with Crippen molar-refractivity contribution in [3.63, 3.8) is 0 Å². The van der Waals surface area contributed by atoms with Crippen LogP contribution in [-0.2, 0) is 15.9 Å². The summed E-state index contributed by atoms with van der Waals surface area (Å²) in [4.78, 5) is 12.7. The van der Waals surface area contributed by atoms with Gasteiger partial charge in [0.2, 0.25) is 0 Å². The van der Waals surface area contributed by atoms with E-state index in [1.165, 1.54) is 12.0 Å². The Morgan fingerprint density at radius 1 is 1.14 bits per heavy atom. The first-order valence-corrected chi connectivity index (χ1v) is 10.1. The highest BCUT2D eigenvalue weighted by Gasteiger charge is 2.56. The van der Waals surface area contributed by atoms with Gasteiger partial charge < -0.3 is 9.47 Å². The van der Waals surface area contributed by atoms with Crippen LogP contribution in [0.2, 0.25) is 0 Å². The van der Waals surface area contributed by atoms with Crippen LogP contribution >= 0.6 is 0 Å². The molecule has 0 spiro atoms. The van der Waals surface area contributed by atoms with Crippen molar-refractivity contribution in [2.75, 3.05) is 0 Å². The van der Waals surface area contributed by atoms with Crippen LogP contribution in [0.25, 0.3) is 0 Å². The second-order valence-corrected chi connectivity index (χ2v) is 7.96. The molecule has 0 radical (unpaired) electrons. The Bertz CT molecular complexity index is 880. The fourth-order valence-electron chi connectivity index (χ4n) is 3.86. The van der Waals surface area contributed by atoms with Gasteiger partial charge in [0.25, 0.3) is 0 Å². The number of hydrogen-bond acceptors (Lipinski definition) is 3. The molecule has 3 unspecified atom stereocenters. The lowest BCUT2D eigenvalue weighted by Crippen LogP contribution is -2.32. The van der Waals surface area contributed by atoms with E-state index in [0.717, 1.165) is 25.7 Å². The molecule has 144 valence electrons. The second-order valence-electron chi connectivity index (χ2n) is 7.96. The van der Waals surface area contributed by atoms with E-state index in [2.05, 4.69) is 24.0 Å². The number of aryl methyl sites for hydroxylation is 1. The SMILES string of the molecule is CC(C#CC12CCCCC1O2)(CCc1ccccc1)OC(=O)c1ccccc1. The van der Waals surface area contributed by atoms with Crippen molar-refractivity contribution in [2.45, 2.75) is 62.8 Å². The standard InChI is InChI=1S/C25H26O3/c1-24(17-15-20-10-4-2-5-11-20,28-23(26)21-12-6-3-7-13-21)18-19-25-16-9-8-14-22(25)27-25/h2-7,10-13,22H,8-9,14-17H2,1H3. The summed E-state index contributed by atoms with van der Waals surface area (Å²) in [7, 11) is 0. The van der Waals surface area contributed by atoms with Crippen molar-refractivity contribution >= 4 is 5.97 Å². The first kappa shape index (κ1) is 18.8. The molecule has 0 aromatic heterocycles. The van der Waals surface area contributed by atoms with Crippen LogP contribution in [0.1, 0.15) is 54.9 Å². The molecule has 1 heterocycles. The summed E-state index contributed by atoms with van der Waals surface area (Å²) in [5.74, 6) is 6.32. The van der Waals surface area contributed by atoms with Crippen LogP contribution < -0.4 is 0 Å². The largest absolute Gasteiger partial charge is 0.443 e. The van der Waals surface area contributed by atoms with Crippen molar-refractivity contribution in [2.24, 2.45) is 0 Å². The molecule has 2 aromatic rings. The van der Waals surface area contributed by atoms with Gasteiger partial charge in [0, 0.05) is 6.42 Å². The molecule has 1 saturated carbocycles. The van der Waals surface area contributed by atoms with Gasteiger partial charge in [-0.15, -0.1) is 0 Å². The Morgan fingerprint density at radius 3 is 2.57 bits per heavy atom. The molecule has 4 rings (SSSR count). The Morgan fingerprint density at radius 2 is 1.86 bits per heavy atom. The number of benzene rings is 2. The monoisotopic (exact) mass is 374 g/mol. The van der Waals surface area contributed by atoms with E-state index in [1.54, 1.807) is 12.1 Å². The highest BCUT2D eigenvalue weighted by Crippen LogP contribution is 2.47. The first-order chi connectivity index (χ1) is 13.6. The van der Waals surface area contributed by atoms with Gasteiger partial charge in [-0.3, -0.25) is 0 Å². The Balaban J connectivity index is 1.53. The van der Waals surface area contributed by atoms with Gasteiger partial charge in [0.1, 0.15) is 0 Å². The molecule has 0 bridgehead atoms. The topological polar surface area (TPSA) is 38.8 Å². The summed E-state index contributed by atoms with van der Waals surface area (Å²) in [6.07, 6.45) is 6.12. The van der Waals surface area contributed by atoms with E-state index in [1.807, 2.05) is 43.3 Å². The zero-order valence-electron chi connectivity index (χ0n) is 16.3. The first-order valence-electron chi connectivity index (χ1n) is 10.1. The maximum absolute atomic E-state index is 12.7. The molecular weight excluding hydrogens is 348 g/mol. The van der Waals surface area contributed by atoms with Crippen LogP contribution in [0.4, 0.5) is 0 Å². The molecule has 3 atom stereocenters. The van der Waals surface area contributed by atoms with Crippen molar-refractivity contribution in [1.29, 1.82) is 0 Å². The number of rotatable bonds is 5. The summed E-state index contributed by atoms with van der Waals surface area (Å²) >= 11 is 0. The molecule has 1 saturated heterocycles. The highest BCUT2D eigenvalue weighted by atomic mass is 16.6. The minimum atomic E-state index is -0.856. The van der Waals surface area contributed by atoms with E-state index in [-0.39, 0.29) is 17.7 Å². The third-order valence-corrected chi connectivity index (χ3v) is 5.68. The van der Waals surface area contributed by atoms with Crippen molar-refractivity contribution in [1.82, 2.24) is 0 Å². The van der Waals surface area contributed by atoms with Crippen molar-refractivity contribution < 1.29 is 14.3 Å². The lowest BCUT2D eigenvalue weighted by Gasteiger charge is -2.25.